The Bertz CT molecular complexity index is 780. The van der Waals surface area contributed by atoms with E-state index < -0.39 is 5.97 Å². The van der Waals surface area contributed by atoms with Crippen LogP contribution in [0.1, 0.15) is 48.8 Å². The molecule has 7 heteroatoms. The van der Waals surface area contributed by atoms with E-state index in [0.29, 0.717) is 19.4 Å². The molecule has 0 bridgehead atoms. The Hall–Kier alpha value is -2.70. The van der Waals surface area contributed by atoms with E-state index in [-0.39, 0.29) is 23.6 Å². The van der Waals surface area contributed by atoms with Crippen molar-refractivity contribution in [1.82, 2.24) is 15.0 Å². The molecule has 25 heavy (non-hydrogen) atoms. The molecular formula is C18H22N4O3. The summed E-state index contributed by atoms with van der Waals surface area (Å²) in [6.07, 6.45) is 3.68. The SMILES string of the molecule is CCc1cccc(N(CC)C(=O)C2CC(n3cc(C(=O)O)nn3)C2)c1. The lowest BCUT2D eigenvalue weighted by Crippen LogP contribution is -2.42. The van der Waals surface area contributed by atoms with Crippen molar-refractivity contribution in [2.24, 2.45) is 5.92 Å². The zero-order valence-electron chi connectivity index (χ0n) is 14.4. The van der Waals surface area contributed by atoms with Gasteiger partial charge in [0.25, 0.3) is 0 Å². The van der Waals surface area contributed by atoms with Crippen LogP contribution in [0, 0.1) is 5.92 Å². The van der Waals surface area contributed by atoms with Crippen molar-refractivity contribution in [1.29, 1.82) is 0 Å². The van der Waals surface area contributed by atoms with Gasteiger partial charge in [-0.1, -0.05) is 24.3 Å². The smallest absolute Gasteiger partial charge is 0.358 e. The molecule has 1 heterocycles. The molecule has 1 aromatic carbocycles. The van der Waals surface area contributed by atoms with Gasteiger partial charge in [-0.3, -0.25) is 4.79 Å². The summed E-state index contributed by atoms with van der Waals surface area (Å²) in [5.74, 6) is -1.04. The number of benzene rings is 1. The second-order valence-corrected chi connectivity index (χ2v) is 6.32. The highest BCUT2D eigenvalue weighted by atomic mass is 16.4. The Morgan fingerprint density at radius 1 is 1.32 bits per heavy atom. The summed E-state index contributed by atoms with van der Waals surface area (Å²) in [5.41, 5.74) is 2.07. The van der Waals surface area contributed by atoms with Gasteiger partial charge in [0.15, 0.2) is 5.69 Å². The quantitative estimate of drug-likeness (QED) is 0.871. The summed E-state index contributed by atoms with van der Waals surface area (Å²) >= 11 is 0. The van der Waals surface area contributed by atoms with E-state index >= 15 is 0 Å². The first-order chi connectivity index (χ1) is 12.0. The van der Waals surface area contributed by atoms with Crippen LogP contribution in [0.2, 0.25) is 0 Å². The van der Waals surface area contributed by atoms with Crippen LogP contribution in [0.4, 0.5) is 5.69 Å². The largest absolute Gasteiger partial charge is 0.476 e. The van der Waals surface area contributed by atoms with E-state index in [1.165, 1.54) is 11.8 Å². The second kappa shape index (κ2) is 7.04. The Labute approximate surface area is 146 Å². The van der Waals surface area contributed by atoms with Crippen molar-refractivity contribution < 1.29 is 14.7 Å². The van der Waals surface area contributed by atoms with Gasteiger partial charge in [-0.15, -0.1) is 5.10 Å². The summed E-state index contributed by atoms with van der Waals surface area (Å²) in [6.45, 7) is 4.69. The molecule has 0 aliphatic heterocycles. The normalized spacial score (nSPS) is 19.3. The predicted octanol–water partition coefficient (Wildman–Crippen LogP) is 2.54. The number of nitrogens with zero attached hydrogens (tertiary/aromatic N) is 4. The summed E-state index contributed by atoms with van der Waals surface area (Å²) < 4.78 is 1.56. The van der Waals surface area contributed by atoms with Crippen LogP contribution in [-0.2, 0) is 11.2 Å². The van der Waals surface area contributed by atoms with Crippen molar-refractivity contribution in [2.75, 3.05) is 11.4 Å². The maximum atomic E-state index is 12.8. The van der Waals surface area contributed by atoms with E-state index in [1.54, 1.807) is 4.68 Å². The lowest BCUT2D eigenvalue weighted by atomic mass is 9.79. The molecule has 7 nitrogen and oxygen atoms in total. The molecule has 0 saturated heterocycles. The highest BCUT2D eigenvalue weighted by Crippen LogP contribution is 2.39. The van der Waals surface area contributed by atoms with Gasteiger partial charge in [-0.2, -0.15) is 0 Å². The minimum atomic E-state index is -1.09. The molecule has 0 atom stereocenters. The first-order valence-electron chi connectivity index (χ1n) is 8.58. The standard InChI is InChI=1S/C18H22N4O3/c1-3-12-6-5-7-14(8-12)21(4-2)17(23)13-9-15(10-13)22-11-16(18(24)25)19-20-22/h5-8,11,13,15H,3-4,9-10H2,1-2H3,(H,24,25). The Morgan fingerprint density at radius 2 is 2.08 bits per heavy atom. The zero-order valence-corrected chi connectivity index (χ0v) is 14.4. The van der Waals surface area contributed by atoms with E-state index in [4.69, 9.17) is 5.11 Å². The first-order valence-corrected chi connectivity index (χ1v) is 8.58. The summed E-state index contributed by atoms with van der Waals surface area (Å²) in [4.78, 5) is 25.5. The molecule has 0 radical (unpaired) electrons. The lowest BCUT2D eigenvalue weighted by molar-refractivity contribution is -0.126. The molecule has 1 amide bonds. The predicted molar refractivity (Wildman–Crippen MR) is 92.6 cm³/mol. The zero-order chi connectivity index (χ0) is 18.0. The third kappa shape index (κ3) is 3.40. The lowest BCUT2D eigenvalue weighted by Gasteiger charge is -2.37. The van der Waals surface area contributed by atoms with E-state index in [2.05, 4.69) is 29.4 Å². The Balaban J connectivity index is 1.66. The molecule has 1 aliphatic carbocycles. The number of hydrogen-bond acceptors (Lipinski definition) is 4. The van der Waals surface area contributed by atoms with E-state index in [9.17, 15) is 9.59 Å². The van der Waals surface area contributed by atoms with Crippen LogP contribution in [0.25, 0.3) is 0 Å². The minimum absolute atomic E-state index is 0.0373. The minimum Gasteiger partial charge on any atom is -0.476 e. The number of carboxylic acids is 1. The summed E-state index contributed by atoms with van der Waals surface area (Å²) in [7, 11) is 0. The number of hydrogen-bond donors (Lipinski definition) is 1. The van der Waals surface area contributed by atoms with Crippen LogP contribution >= 0.6 is 0 Å². The topological polar surface area (TPSA) is 88.3 Å². The molecule has 132 valence electrons. The van der Waals surface area contributed by atoms with Crippen molar-refractivity contribution in [2.45, 2.75) is 39.2 Å². The fraction of sp³-hybridized carbons (Fsp3) is 0.444. The fourth-order valence-electron chi connectivity index (χ4n) is 3.19. The highest BCUT2D eigenvalue weighted by molar-refractivity contribution is 5.95. The van der Waals surface area contributed by atoms with Gasteiger partial charge in [-0.05, 0) is 43.9 Å². The maximum Gasteiger partial charge on any atom is 0.358 e. The Kier molecular flexibility index (Phi) is 4.83. The van der Waals surface area contributed by atoms with Crippen LogP contribution < -0.4 is 4.90 Å². The highest BCUT2D eigenvalue weighted by Gasteiger charge is 2.38. The molecule has 1 aromatic heterocycles. The number of carbonyl (C=O) groups is 2. The number of amides is 1. The number of aromatic nitrogens is 3. The molecule has 3 rings (SSSR count). The molecule has 2 aromatic rings. The third-order valence-electron chi connectivity index (χ3n) is 4.78. The number of carboxylic acid groups (broad SMARTS) is 1. The van der Waals surface area contributed by atoms with Crippen molar-refractivity contribution in [3.05, 3.63) is 41.7 Å². The average Bonchev–Trinajstić information content (AvgIpc) is 3.04. The van der Waals surface area contributed by atoms with Gasteiger partial charge in [0, 0.05) is 18.2 Å². The van der Waals surface area contributed by atoms with Gasteiger partial charge >= 0.3 is 5.97 Å². The van der Waals surface area contributed by atoms with Gasteiger partial charge in [-0.25, -0.2) is 9.48 Å². The molecule has 1 saturated carbocycles. The van der Waals surface area contributed by atoms with Gasteiger partial charge in [0.05, 0.1) is 12.2 Å². The summed E-state index contributed by atoms with van der Waals surface area (Å²) in [5, 5.41) is 16.4. The monoisotopic (exact) mass is 342 g/mol. The van der Waals surface area contributed by atoms with Gasteiger partial charge in [0.1, 0.15) is 0 Å². The molecule has 0 unspecified atom stereocenters. The number of anilines is 1. The second-order valence-electron chi connectivity index (χ2n) is 6.32. The summed E-state index contributed by atoms with van der Waals surface area (Å²) in [6, 6.07) is 8.11. The van der Waals surface area contributed by atoms with Gasteiger partial charge < -0.3 is 10.0 Å². The molecule has 1 N–H and O–H groups in total. The Morgan fingerprint density at radius 3 is 2.68 bits per heavy atom. The van der Waals surface area contributed by atoms with Crippen LogP contribution in [0.5, 0.6) is 0 Å². The number of aryl methyl sites for hydroxylation is 1. The van der Waals surface area contributed by atoms with Crippen molar-refractivity contribution in [3.8, 4) is 0 Å². The van der Waals surface area contributed by atoms with Crippen LogP contribution in [-0.4, -0.2) is 38.5 Å². The molecular weight excluding hydrogens is 320 g/mol. The fourth-order valence-corrected chi connectivity index (χ4v) is 3.19. The number of carbonyl (C=O) groups excluding carboxylic acids is 1. The number of rotatable bonds is 6. The van der Waals surface area contributed by atoms with E-state index in [1.807, 2.05) is 24.0 Å². The van der Waals surface area contributed by atoms with Crippen molar-refractivity contribution >= 4 is 17.6 Å². The average molecular weight is 342 g/mol. The first kappa shape index (κ1) is 17.1. The van der Waals surface area contributed by atoms with Gasteiger partial charge in [0.2, 0.25) is 5.91 Å². The maximum absolute atomic E-state index is 12.8. The molecule has 1 aliphatic rings. The van der Waals surface area contributed by atoms with Crippen LogP contribution in [0.3, 0.4) is 0 Å². The van der Waals surface area contributed by atoms with Crippen LogP contribution in [0.15, 0.2) is 30.5 Å². The van der Waals surface area contributed by atoms with E-state index in [0.717, 1.165) is 12.1 Å². The number of aromatic carboxylic acids is 1. The third-order valence-corrected chi connectivity index (χ3v) is 4.78. The molecule has 1 fully saturated rings. The van der Waals surface area contributed by atoms with Crippen molar-refractivity contribution in [3.63, 3.8) is 0 Å². The molecule has 0 spiro atoms.